The lowest BCUT2D eigenvalue weighted by Crippen LogP contribution is -1.86. The third-order valence-corrected chi connectivity index (χ3v) is 9.85. The molecule has 0 saturated heterocycles. The van der Waals surface area contributed by atoms with E-state index in [0.717, 1.165) is 0 Å². The van der Waals surface area contributed by atoms with Crippen LogP contribution >= 0.6 is 22.7 Å². The van der Waals surface area contributed by atoms with Gasteiger partial charge >= 0.3 is 0 Å². The SMILES string of the molecule is CCCCCCCCCc1ccc2c(c1)sc1c3ccc(CCCCCCCCC)cc3sc21. The van der Waals surface area contributed by atoms with Crippen LogP contribution in [0.2, 0.25) is 0 Å². The summed E-state index contributed by atoms with van der Waals surface area (Å²) in [5, 5.41) is 2.94. The summed E-state index contributed by atoms with van der Waals surface area (Å²) in [5.41, 5.74) is 3.05. The Morgan fingerprint density at radius 2 is 0.853 bits per heavy atom. The fraction of sp³-hybridized carbons (Fsp3) is 0.562. The Morgan fingerprint density at radius 1 is 0.471 bits per heavy atom. The normalized spacial score (nSPS) is 11.9. The first-order chi connectivity index (χ1) is 16.8. The highest BCUT2D eigenvalue weighted by Crippen LogP contribution is 2.44. The third kappa shape index (κ3) is 6.85. The lowest BCUT2D eigenvalue weighted by atomic mass is 10.0. The largest absolute Gasteiger partial charge is 0.134 e. The van der Waals surface area contributed by atoms with Crippen LogP contribution < -0.4 is 0 Å². The topological polar surface area (TPSA) is 0 Å². The van der Waals surface area contributed by atoms with Crippen LogP contribution in [-0.2, 0) is 12.8 Å². The summed E-state index contributed by atoms with van der Waals surface area (Å²) in [6.45, 7) is 4.59. The monoisotopic (exact) mass is 492 g/mol. The number of unbranched alkanes of at least 4 members (excludes halogenated alkanes) is 12. The molecule has 0 aliphatic heterocycles. The Kier molecular flexibility index (Phi) is 10.3. The van der Waals surface area contributed by atoms with E-state index in [-0.39, 0.29) is 0 Å². The van der Waals surface area contributed by atoms with Crippen molar-refractivity contribution in [2.75, 3.05) is 0 Å². The third-order valence-electron chi connectivity index (χ3n) is 7.35. The molecule has 2 heterocycles. The molecule has 0 nitrogen and oxygen atoms in total. The first-order valence-corrected chi connectivity index (χ1v) is 15.8. The van der Waals surface area contributed by atoms with Gasteiger partial charge in [0.2, 0.25) is 0 Å². The van der Waals surface area contributed by atoms with Crippen LogP contribution in [0.1, 0.15) is 115 Å². The smallest absolute Gasteiger partial charge is 0.0542 e. The van der Waals surface area contributed by atoms with Crippen LogP contribution in [0.25, 0.3) is 29.6 Å². The number of thiophene rings is 2. The molecule has 0 atom stereocenters. The molecule has 2 aromatic heterocycles. The van der Waals surface area contributed by atoms with Crippen molar-refractivity contribution in [3.8, 4) is 0 Å². The van der Waals surface area contributed by atoms with Crippen molar-refractivity contribution in [2.24, 2.45) is 0 Å². The van der Waals surface area contributed by atoms with Crippen molar-refractivity contribution in [3.63, 3.8) is 0 Å². The van der Waals surface area contributed by atoms with E-state index in [1.807, 2.05) is 22.7 Å². The van der Waals surface area contributed by atoms with Crippen molar-refractivity contribution >= 4 is 52.2 Å². The van der Waals surface area contributed by atoms with Gasteiger partial charge in [-0.1, -0.05) is 115 Å². The highest BCUT2D eigenvalue weighted by Gasteiger charge is 2.13. The summed E-state index contributed by atoms with van der Waals surface area (Å²) in [5.74, 6) is 0. The van der Waals surface area contributed by atoms with Crippen LogP contribution in [0, 0.1) is 0 Å². The number of hydrogen-bond acceptors (Lipinski definition) is 2. The van der Waals surface area contributed by atoms with E-state index in [2.05, 4.69) is 50.2 Å². The van der Waals surface area contributed by atoms with Gasteiger partial charge in [-0.2, -0.15) is 0 Å². The Labute approximate surface area is 215 Å². The molecule has 34 heavy (non-hydrogen) atoms. The van der Waals surface area contributed by atoms with Gasteiger partial charge in [-0.15, -0.1) is 22.7 Å². The van der Waals surface area contributed by atoms with Crippen LogP contribution in [0.5, 0.6) is 0 Å². The van der Waals surface area contributed by atoms with Crippen LogP contribution in [0.4, 0.5) is 0 Å². The van der Waals surface area contributed by atoms with E-state index in [0.29, 0.717) is 0 Å². The summed E-state index contributed by atoms with van der Waals surface area (Å²) in [6, 6.07) is 14.5. The Balaban J connectivity index is 1.34. The minimum Gasteiger partial charge on any atom is -0.134 e. The fourth-order valence-electron chi connectivity index (χ4n) is 5.23. The molecule has 0 radical (unpaired) electrons. The molecule has 0 spiro atoms. The van der Waals surface area contributed by atoms with Gasteiger partial charge in [0.25, 0.3) is 0 Å². The van der Waals surface area contributed by atoms with Crippen LogP contribution in [0.3, 0.4) is 0 Å². The number of fused-ring (bicyclic) bond motifs is 5. The molecule has 0 N–H and O–H groups in total. The summed E-state index contributed by atoms with van der Waals surface area (Å²) in [6.07, 6.45) is 21.9. The zero-order valence-corrected chi connectivity index (χ0v) is 23.2. The number of rotatable bonds is 16. The molecule has 2 heteroatoms. The van der Waals surface area contributed by atoms with Gasteiger partial charge in [0.15, 0.2) is 0 Å². The van der Waals surface area contributed by atoms with E-state index in [1.165, 1.54) is 143 Å². The van der Waals surface area contributed by atoms with Gasteiger partial charge in [0.05, 0.1) is 9.40 Å². The Hall–Kier alpha value is -1.38. The molecule has 4 rings (SSSR count). The van der Waals surface area contributed by atoms with Gasteiger partial charge < -0.3 is 0 Å². The fourth-order valence-corrected chi connectivity index (χ4v) is 8.01. The zero-order chi connectivity index (χ0) is 23.6. The predicted octanol–water partition coefficient (Wildman–Crippen LogP) is 11.9. The summed E-state index contributed by atoms with van der Waals surface area (Å²) >= 11 is 4.02. The number of benzene rings is 2. The molecule has 0 bridgehead atoms. The van der Waals surface area contributed by atoms with Crippen molar-refractivity contribution in [3.05, 3.63) is 47.5 Å². The average molecular weight is 493 g/mol. The zero-order valence-electron chi connectivity index (χ0n) is 21.6. The van der Waals surface area contributed by atoms with E-state index >= 15 is 0 Å². The number of hydrogen-bond donors (Lipinski definition) is 0. The lowest BCUT2D eigenvalue weighted by Gasteiger charge is -2.03. The molecule has 4 aromatic rings. The van der Waals surface area contributed by atoms with Crippen LogP contribution in [-0.4, -0.2) is 0 Å². The molecule has 0 unspecified atom stereocenters. The van der Waals surface area contributed by atoms with Gasteiger partial charge in [0, 0.05) is 20.2 Å². The maximum Gasteiger partial charge on any atom is 0.0542 e. The van der Waals surface area contributed by atoms with Gasteiger partial charge in [-0.25, -0.2) is 0 Å². The maximum atomic E-state index is 2.48. The quantitative estimate of drug-likeness (QED) is 0.136. The molecule has 0 amide bonds. The second kappa shape index (κ2) is 13.6. The molecule has 2 aromatic carbocycles. The minimum absolute atomic E-state index is 1.23. The Bertz CT molecular complexity index is 1050. The summed E-state index contributed by atoms with van der Waals surface area (Å²) in [7, 11) is 0. The minimum atomic E-state index is 1.23. The summed E-state index contributed by atoms with van der Waals surface area (Å²) < 4.78 is 5.97. The highest BCUT2D eigenvalue weighted by molar-refractivity contribution is 7.36. The van der Waals surface area contributed by atoms with Crippen molar-refractivity contribution in [2.45, 2.75) is 117 Å². The second-order valence-corrected chi connectivity index (χ2v) is 12.4. The second-order valence-electron chi connectivity index (χ2n) is 10.3. The van der Waals surface area contributed by atoms with E-state index in [1.54, 1.807) is 0 Å². The lowest BCUT2D eigenvalue weighted by molar-refractivity contribution is 0.589. The van der Waals surface area contributed by atoms with Crippen molar-refractivity contribution < 1.29 is 0 Å². The standard InChI is InChI=1S/C32H44S2/c1-3-5-7-9-11-13-15-17-25-19-21-27-29(23-25)33-32-28-22-20-26(24-30(28)34-31(27)32)18-16-14-12-10-8-6-4-2/h19-24H,3-18H2,1-2H3. The number of aryl methyl sites for hydroxylation is 2. The van der Waals surface area contributed by atoms with E-state index < -0.39 is 0 Å². The molecular weight excluding hydrogens is 448 g/mol. The highest BCUT2D eigenvalue weighted by atomic mass is 32.1. The van der Waals surface area contributed by atoms with Crippen molar-refractivity contribution in [1.29, 1.82) is 0 Å². The maximum absolute atomic E-state index is 2.48. The molecule has 184 valence electrons. The van der Waals surface area contributed by atoms with Crippen LogP contribution in [0.15, 0.2) is 36.4 Å². The molecule has 0 fully saturated rings. The molecular formula is C32H44S2. The average Bonchev–Trinajstić information content (AvgIpc) is 3.38. The van der Waals surface area contributed by atoms with E-state index in [9.17, 15) is 0 Å². The van der Waals surface area contributed by atoms with E-state index in [4.69, 9.17) is 0 Å². The molecule has 0 aliphatic rings. The first kappa shape index (κ1) is 25.7. The predicted molar refractivity (Wildman–Crippen MR) is 158 cm³/mol. The van der Waals surface area contributed by atoms with Gasteiger partial charge in [-0.05, 0) is 48.9 Å². The molecule has 0 aliphatic carbocycles. The Morgan fingerprint density at radius 3 is 1.26 bits per heavy atom. The molecule has 0 saturated carbocycles. The van der Waals surface area contributed by atoms with Crippen molar-refractivity contribution in [1.82, 2.24) is 0 Å². The first-order valence-electron chi connectivity index (χ1n) is 14.2. The van der Waals surface area contributed by atoms with Gasteiger partial charge in [0.1, 0.15) is 0 Å². The van der Waals surface area contributed by atoms with Gasteiger partial charge in [-0.3, -0.25) is 0 Å². The summed E-state index contributed by atoms with van der Waals surface area (Å²) in [4.78, 5) is 0.